The number of allylic oxidation sites excluding steroid dienone is 2. The molecule has 1 heterocycles. The van der Waals surface area contributed by atoms with Crippen molar-refractivity contribution in [2.45, 2.75) is 13.3 Å². The second kappa shape index (κ2) is 1.25. The maximum atomic E-state index is 3.97. The quantitative estimate of drug-likeness (QED) is 0.417. The molecule has 0 aromatic heterocycles. The molecule has 32 valence electrons. The van der Waals surface area contributed by atoms with E-state index in [1.54, 1.807) is 0 Å². The van der Waals surface area contributed by atoms with Gasteiger partial charge in [-0.25, -0.2) is 0 Å². The molecule has 6 heavy (non-hydrogen) atoms. The van der Waals surface area contributed by atoms with Gasteiger partial charge in [-0.05, 0) is 6.92 Å². The van der Waals surface area contributed by atoms with Crippen molar-refractivity contribution in [2.75, 3.05) is 0 Å². The highest BCUT2D eigenvalue weighted by Crippen LogP contribution is 2.00. The van der Waals surface area contributed by atoms with Gasteiger partial charge in [-0.15, -0.1) is 0 Å². The van der Waals surface area contributed by atoms with Gasteiger partial charge in [-0.1, -0.05) is 6.08 Å². The Bertz CT molecular complexity index is 97.8. The molecule has 1 rings (SSSR count). The van der Waals surface area contributed by atoms with Crippen LogP contribution in [0, 0.1) is 0 Å². The summed E-state index contributed by atoms with van der Waals surface area (Å²) in [5, 5.41) is 0. The van der Waals surface area contributed by atoms with Gasteiger partial charge in [0, 0.05) is 18.3 Å². The van der Waals surface area contributed by atoms with Gasteiger partial charge in [0.05, 0.1) is 0 Å². The Labute approximate surface area is 37.4 Å². The van der Waals surface area contributed by atoms with Crippen LogP contribution in [0.3, 0.4) is 0 Å². The first-order chi connectivity index (χ1) is 2.89. The van der Waals surface area contributed by atoms with Gasteiger partial charge in [-0.3, -0.25) is 4.99 Å². The van der Waals surface area contributed by atoms with Crippen molar-refractivity contribution < 1.29 is 0 Å². The fraction of sp³-hybridized carbons (Fsp3) is 0.400. The molecule has 0 radical (unpaired) electrons. The van der Waals surface area contributed by atoms with Crippen molar-refractivity contribution in [3.63, 3.8) is 0 Å². The highest BCUT2D eigenvalue weighted by atomic mass is 14.7. The molecule has 0 fully saturated rings. The minimum absolute atomic E-state index is 1.03. The second-order valence-corrected chi connectivity index (χ2v) is 1.39. The van der Waals surface area contributed by atoms with Crippen molar-refractivity contribution in [1.82, 2.24) is 0 Å². The minimum Gasteiger partial charge on any atom is -0.266 e. The molecule has 0 aromatic rings. The van der Waals surface area contributed by atoms with Crippen molar-refractivity contribution in [3.05, 3.63) is 11.8 Å². The number of hydrogen-bond donors (Lipinski definition) is 0. The molecular formula is C5H7N. The summed E-state index contributed by atoms with van der Waals surface area (Å²) in [6, 6.07) is 0. The Morgan fingerprint density at radius 3 is 2.83 bits per heavy atom. The molecule has 0 amide bonds. The van der Waals surface area contributed by atoms with Crippen LogP contribution in [0.15, 0.2) is 16.8 Å². The van der Waals surface area contributed by atoms with Crippen molar-refractivity contribution >= 4 is 6.21 Å². The van der Waals surface area contributed by atoms with Crippen LogP contribution >= 0.6 is 0 Å². The van der Waals surface area contributed by atoms with Gasteiger partial charge in [0.2, 0.25) is 0 Å². The van der Waals surface area contributed by atoms with E-state index in [0.29, 0.717) is 0 Å². The summed E-state index contributed by atoms with van der Waals surface area (Å²) in [4.78, 5) is 3.97. The predicted octanol–water partition coefficient (Wildman–Crippen LogP) is 1.36. The van der Waals surface area contributed by atoms with E-state index in [1.807, 2.05) is 13.1 Å². The minimum atomic E-state index is 1.03. The molecule has 0 aliphatic carbocycles. The number of aliphatic imine (C=N–C) groups is 1. The van der Waals surface area contributed by atoms with Gasteiger partial charge < -0.3 is 0 Å². The fourth-order valence-electron chi connectivity index (χ4n) is 0.473. The smallest absolute Gasteiger partial charge is 0.0332 e. The maximum Gasteiger partial charge on any atom is 0.0332 e. The van der Waals surface area contributed by atoms with E-state index in [2.05, 4.69) is 11.1 Å². The molecular weight excluding hydrogens is 74.1 g/mol. The molecule has 0 saturated heterocycles. The Morgan fingerprint density at radius 1 is 1.83 bits per heavy atom. The Kier molecular flexibility index (Phi) is 0.748. The van der Waals surface area contributed by atoms with Crippen molar-refractivity contribution in [3.8, 4) is 0 Å². The summed E-state index contributed by atoms with van der Waals surface area (Å²) < 4.78 is 0. The topological polar surface area (TPSA) is 12.4 Å². The summed E-state index contributed by atoms with van der Waals surface area (Å²) in [6.45, 7) is 2.00. The maximum absolute atomic E-state index is 3.97. The van der Waals surface area contributed by atoms with E-state index in [-0.39, 0.29) is 0 Å². The fourth-order valence-corrected chi connectivity index (χ4v) is 0.473. The standard InChI is InChI=1S/C5H7N/c1-5-3-2-4-6-5/h3-4H,2H2,1H3. The molecule has 0 unspecified atom stereocenters. The van der Waals surface area contributed by atoms with Crippen molar-refractivity contribution in [1.29, 1.82) is 0 Å². The first-order valence-corrected chi connectivity index (χ1v) is 2.09. The third-order valence-electron chi connectivity index (χ3n) is 0.814. The third-order valence-corrected chi connectivity index (χ3v) is 0.814. The van der Waals surface area contributed by atoms with Crippen LogP contribution in [-0.4, -0.2) is 6.21 Å². The largest absolute Gasteiger partial charge is 0.266 e. The lowest BCUT2D eigenvalue weighted by molar-refractivity contribution is 1.34. The zero-order valence-corrected chi connectivity index (χ0v) is 3.81. The molecule has 0 N–H and O–H groups in total. The van der Waals surface area contributed by atoms with Crippen LogP contribution in [0.5, 0.6) is 0 Å². The molecule has 1 aliphatic heterocycles. The Morgan fingerprint density at radius 2 is 2.67 bits per heavy atom. The zero-order chi connectivity index (χ0) is 4.41. The average Bonchev–Trinajstić information content (AvgIpc) is 1.86. The molecule has 1 aliphatic rings. The SMILES string of the molecule is CC1=CCC=N1. The lowest BCUT2D eigenvalue weighted by Gasteiger charge is -1.72. The zero-order valence-electron chi connectivity index (χ0n) is 3.81. The molecule has 0 aromatic carbocycles. The summed E-state index contributed by atoms with van der Waals surface area (Å²) in [6.07, 6.45) is 5.04. The van der Waals surface area contributed by atoms with Crippen LogP contribution in [-0.2, 0) is 0 Å². The molecule has 1 nitrogen and oxygen atoms in total. The summed E-state index contributed by atoms with van der Waals surface area (Å²) in [5.74, 6) is 0. The number of nitrogens with zero attached hydrogens (tertiary/aromatic N) is 1. The average molecular weight is 81.1 g/mol. The van der Waals surface area contributed by atoms with Crippen LogP contribution in [0.1, 0.15) is 13.3 Å². The van der Waals surface area contributed by atoms with Gasteiger partial charge in [0.15, 0.2) is 0 Å². The highest BCUT2D eigenvalue weighted by Gasteiger charge is 1.85. The first-order valence-electron chi connectivity index (χ1n) is 2.09. The summed E-state index contributed by atoms with van der Waals surface area (Å²) in [5.41, 5.74) is 1.15. The first kappa shape index (κ1) is 3.59. The van der Waals surface area contributed by atoms with Crippen molar-refractivity contribution in [2.24, 2.45) is 4.99 Å². The molecule has 1 heteroatoms. The lowest BCUT2D eigenvalue weighted by Crippen LogP contribution is -1.52. The van der Waals surface area contributed by atoms with Gasteiger partial charge in [0.25, 0.3) is 0 Å². The summed E-state index contributed by atoms with van der Waals surface area (Å²) in [7, 11) is 0. The van der Waals surface area contributed by atoms with E-state index in [1.165, 1.54) is 0 Å². The van der Waals surface area contributed by atoms with Crippen LogP contribution in [0.4, 0.5) is 0 Å². The molecule has 0 atom stereocenters. The number of hydrogen-bond acceptors (Lipinski definition) is 1. The predicted molar refractivity (Wildman–Crippen MR) is 26.9 cm³/mol. The van der Waals surface area contributed by atoms with Crippen LogP contribution in [0.25, 0.3) is 0 Å². The normalized spacial score (nSPS) is 18.5. The van der Waals surface area contributed by atoms with E-state index in [0.717, 1.165) is 12.1 Å². The van der Waals surface area contributed by atoms with E-state index in [9.17, 15) is 0 Å². The Balaban J connectivity index is 2.68. The molecule has 0 saturated carbocycles. The number of rotatable bonds is 0. The monoisotopic (exact) mass is 81.1 g/mol. The van der Waals surface area contributed by atoms with Gasteiger partial charge in [0.1, 0.15) is 0 Å². The third kappa shape index (κ3) is 0.482. The summed E-state index contributed by atoms with van der Waals surface area (Å²) >= 11 is 0. The van der Waals surface area contributed by atoms with Gasteiger partial charge in [-0.2, -0.15) is 0 Å². The Hall–Kier alpha value is -0.590. The van der Waals surface area contributed by atoms with E-state index < -0.39 is 0 Å². The molecule has 0 spiro atoms. The lowest BCUT2D eigenvalue weighted by atomic mass is 10.4. The molecule has 0 bridgehead atoms. The van der Waals surface area contributed by atoms with E-state index >= 15 is 0 Å². The van der Waals surface area contributed by atoms with E-state index in [4.69, 9.17) is 0 Å². The van der Waals surface area contributed by atoms with Crippen LogP contribution < -0.4 is 0 Å². The highest BCUT2D eigenvalue weighted by molar-refractivity contribution is 5.64. The van der Waals surface area contributed by atoms with Crippen LogP contribution in [0.2, 0.25) is 0 Å². The van der Waals surface area contributed by atoms with Gasteiger partial charge >= 0.3 is 0 Å². The second-order valence-electron chi connectivity index (χ2n) is 1.39.